The number of hydrogen-bond acceptors (Lipinski definition) is 7. The van der Waals surface area contributed by atoms with Gasteiger partial charge in [0.1, 0.15) is 17.6 Å². The number of phenolic OH excluding ortho intramolecular Hbond substituents is 1. The Morgan fingerprint density at radius 2 is 1.94 bits per heavy atom. The van der Waals surface area contributed by atoms with Crippen molar-refractivity contribution in [2.75, 3.05) is 20.8 Å². The van der Waals surface area contributed by atoms with Crippen LogP contribution in [-0.2, 0) is 6.54 Å². The first-order valence-electron chi connectivity index (χ1n) is 11.7. The van der Waals surface area contributed by atoms with Crippen LogP contribution in [0.15, 0.2) is 70.3 Å². The van der Waals surface area contributed by atoms with Gasteiger partial charge >= 0.3 is 0 Å². The van der Waals surface area contributed by atoms with Gasteiger partial charge in [0.15, 0.2) is 11.5 Å². The van der Waals surface area contributed by atoms with Crippen molar-refractivity contribution in [3.05, 3.63) is 82.5 Å². The molecule has 0 amide bonds. The third-order valence-electron chi connectivity index (χ3n) is 6.76. The van der Waals surface area contributed by atoms with Crippen LogP contribution >= 0.6 is 12.4 Å². The molecule has 8 heteroatoms. The topological polar surface area (TPSA) is 85.0 Å². The molecule has 1 atom stereocenters. The molecule has 0 unspecified atom stereocenters. The van der Waals surface area contributed by atoms with E-state index < -0.39 is 0 Å². The van der Waals surface area contributed by atoms with Crippen LogP contribution in [0.3, 0.4) is 0 Å². The Bertz CT molecular complexity index is 1410. The molecule has 7 nitrogen and oxygen atoms in total. The van der Waals surface area contributed by atoms with Gasteiger partial charge in [0.25, 0.3) is 0 Å². The van der Waals surface area contributed by atoms with Crippen LogP contribution in [0.1, 0.15) is 36.4 Å². The van der Waals surface area contributed by atoms with Gasteiger partial charge in [0.05, 0.1) is 30.7 Å². The number of phenols is 1. The smallest absolute Gasteiger partial charge is 0.200 e. The summed E-state index contributed by atoms with van der Waals surface area (Å²) in [6, 6.07) is 12.8. The van der Waals surface area contributed by atoms with Crippen molar-refractivity contribution in [2.24, 2.45) is 0 Å². The highest BCUT2D eigenvalue weighted by molar-refractivity contribution is 5.86. The van der Waals surface area contributed by atoms with Gasteiger partial charge in [-0.05, 0) is 60.8 Å². The summed E-state index contributed by atoms with van der Waals surface area (Å²) < 4.78 is 16.7. The highest BCUT2D eigenvalue weighted by Crippen LogP contribution is 2.36. The second-order valence-electron chi connectivity index (χ2n) is 8.76. The van der Waals surface area contributed by atoms with E-state index in [1.165, 1.54) is 6.26 Å². The Kier molecular flexibility index (Phi) is 7.82. The molecule has 3 heterocycles. The van der Waals surface area contributed by atoms with Gasteiger partial charge in [-0.1, -0.05) is 18.6 Å². The summed E-state index contributed by atoms with van der Waals surface area (Å²) in [4.78, 5) is 20.1. The Balaban J connectivity index is 0.00000304. The van der Waals surface area contributed by atoms with Crippen molar-refractivity contribution in [1.82, 2.24) is 9.88 Å². The lowest BCUT2D eigenvalue weighted by molar-refractivity contribution is 0.139. The van der Waals surface area contributed by atoms with E-state index in [0.29, 0.717) is 45.7 Å². The zero-order chi connectivity index (χ0) is 24.4. The minimum Gasteiger partial charge on any atom is -0.507 e. The van der Waals surface area contributed by atoms with Gasteiger partial charge in [0.2, 0.25) is 5.43 Å². The fourth-order valence-corrected chi connectivity index (χ4v) is 4.94. The normalized spacial score (nSPS) is 15.9. The standard InChI is InChI=1S/C28H28N2O5.ClH/c1-33-25-11-8-18(14-26(25)34-2)22-17-35-28-20(27(22)32)9-10-24(31)21(28)16-30-13-4-3-7-23(30)19-6-5-12-29-15-19;/h5-6,8-12,14-15,17,23,31H,3-4,7,13,16H2,1-2H3;1H/t23-;/m0./s1. The first-order valence-corrected chi connectivity index (χ1v) is 11.7. The van der Waals surface area contributed by atoms with Crippen molar-refractivity contribution >= 4 is 23.4 Å². The summed E-state index contributed by atoms with van der Waals surface area (Å²) in [7, 11) is 3.12. The Labute approximate surface area is 215 Å². The summed E-state index contributed by atoms with van der Waals surface area (Å²) in [5, 5.41) is 11.2. The number of likely N-dealkylation sites (tertiary alicyclic amines) is 1. The molecule has 1 saturated heterocycles. The summed E-state index contributed by atoms with van der Waals surface area (Å²) in [6.45, 7) is 1.37. The molecule has 0 aliphatic carbocycles. The molecule has 188 valence electrons. The maximum Gasteiger partial charge on any atom is 0.200 e. The molecule has 0 saturated carbocycles. The maximum atomic E-state index is 13.5. The second-order valence-corrected chi connectivity index (χ2v) is 8.76. The van der Waals surface area contributed by atoms with Crippen molar-refractivity contribution in [1.29, 1.82) is 0 Å². The van der Waals surface area contributed by atoms with E-state index in [2.05, 4.69) is 16.0 Å². The van der Waals surface area contributed by atoms with Crippen LogP contribution in [0.2, 0.25) is 0 Å². The Morgan fingerprint density at radius 3 is 2.69 bits per heavy atom. The fraction of sp³-hybridized carbons (Fsp3) is 0.286. The highest BCUT2D eigenvalue weighted by atomic mass is 35.5. The van der Waals surface area contributed by atoms with Gasteiger partial charge in [-0.3, -0.25) is 14.7 Å². The van der Waals surface area contributed by atoms with E-state index in [9.17, 15) is 9.90 Å². The quantitative estimate of drug-likeness (QED) is 0.356. The van der Waals surface area contributed by atoms with E-state index in [0.717, 1.165) is 31.4 Å². The second kappa shape index (κ2) is 11.0. The van der Waals surface area contributed by atoms with Crippen molar-refractivity contribution in [2.45, 2.75) is 31.8 Å². The number of pyridine rings is 1. The van der Waals surface area contributed by atoms with Crippen molar-refractivity contribution in [3.63, 3.8) is 0 Å². The molecule has 36 heavy (non-hydrogen) atoms. The Hall–Kier alpha value is -3.55. The number of piperidine rings is 1. The van der Waals surface area contributed by atoms with Crippen LogP contribution in [0.25, 0.3) is 22.1 Å². The van der Waals surface area contributed by atoms with Crippen LogP contribution in [-0.4, -0.2) is 35.8 Å². The molecule has 0 bridgehead atoms. The number of nitrogens with zero attached hydrogens (tertiary/aromatic N) is 2. The van der Waals surface area contributed by atoms with Gasteiger partial charge in [-0.2, -0.15) is 0 Å². The molecular formula is C28H29ClN2O5. The molecule has 5 rings (SSSR count). The lowest BCUT2D eigenvalue weighted by Crippen LogP contribution is -2.33. The number of halogens is 1. The molecule has 4 aromatic rings. The summed E-state index contributed by atoms with van der Waals surface area (Å²) in [5.74, 6) is 1.23. The number of methoxy groups -OCH3 is 2. The monoisotopic (exact) mass is 508 g/mol. The van der Waals surface area contributed by atoms with E-state index in [1.54, 1.807) is 50.7 Å². The lowest BCUT2D eigenvalue weighted by Gasteiger charge is -2.36. The number of benzene rings is 2. The number of ether oxygens (including phenoxy) is 2. The lowest BCUT2D eigenvalue weighted by atomic mass is 9.95. The molecule has 1 aliphatic rings. The van der Waals surface area contributed by atoms with E-state index in [4.69, 9.17) is 13.9 Å². The molecule has 1 aliphatic heterocycles. The summed E-state index contributed by atoms with van der Waals surface area (Å²) >= 11 is 0. The summed E-state index contributed by atoms with van der Waals surface area (Å²) in [5.41, 5.74) is 3.11. The van der Waals surface area contributed by atoms with Gasteiger partial charge in [-0.25, -0.2) is 0 Å². The van der Waals surface area contributed by atoms with Gasteiger partial charge in [0, 0.05) is 25.0 Å². The minimum atomic E-state index is -0.165. The first-order chi connectivity index (χ1) is 17.1. The zero-order valence-electron chi connectivity index (χ0n) is 20.3. The molecule has 1 N–H and O–H groups in total. The van der Waals surface area contributed by atoms with Crippen LogP contribution in [0.5, 0.6) is 17.2 Å². The average Bonchev–Trinajstić information content (AvgIpc) is 2.91. The number of rotatable bonds is 6. The molecule has 2 aromatic carbocycles. The van der Waals surface area contributed by atoms with E-state index >= 15 is 0 Å². The van der Waals surface area contributed by atoms with Crippen LogP contribution in [0, 0.1) is 0 Å². The largest absolute Gasteiger partial charge is 0.507 e. The highest BCUT2D eigenvalue weighted by Gasteiger charge is 2.26. The van der Waals surface area contributed by atoms with E-state index in [-0.39, 0.29) is 29.6 Å². The average molecular weight is 509 g/mol. The Morgan fingerprint density at radius 1 is 1.11 bits per heavy atom. The number of aromatic hydroxyl groups is 1. The first kappa shape index (κ1) is 25.5. The number of aromatic nitrogens is 1. The molecule has 2 aromatic heterocycles. The van der Waals surface area contributed by atoms with Gasteiger partial charge in [-0.15, -0.1) is 12.4 Å². The number of hydrogen-bond donors (Lipinski definition) is 1. The van der Waals surface area contributed by atoms with Crippen LogP contribution in [0.4, 0.5) is 0 Å². The van der Waals surface area contributed by atoms with Gasteiger partial charge < -0.3 is 19.0 Å². The summed E-state index contributed by atoms with van der Waals surface area (Å²) in [6.07, 6.45) is 8.38. The van der Waals surface area contributed by atoms with Crippen molar-refractivity contribution < 1.29 is 19.0 Å². The maximum absolute atomic E-state index is 13.5. The predicted molar refractivity (Wildman–Crippen MR) is 141 cm³/mol. The third-order valence-corrected chi connectivity index (χ3v) is 6.76. The minimum absolute atomic E-state index is 0. The van der Waals surface area contributed by atoms with Crippen LogP contribution < -0.4 is 14.9 Å². The SMILES string of the molecule is COc1ccc(-c2coc3c(CN4CCCC[C@H]4c4cccnc4)c(O)ccc3c2=O)cc1OC.Cl. The fourth-order valence-electron chi connectivity index (χ4n) is 4.94. The van der Waals surface area contributed by atoms with Crippen molar-refractivity contribution in [3.8, 4) is 28.4 Å². The third kappa shape index (κ3) is 4.76. The molecule has 0 radical (unpaired) electrons. The molecule has 1 fully saturated rings. The number of fused-ring (bicyclic) bond motifs is 1. The molecular weight excluding hydrogens is 480 g/mol. The molecule has 0 spiro atoms. The predicted octanol–water partition coefficient (Wildman–Crippen LogP) is 5.73. The van der Waals surface area contributed by atoms with E-state index in [1.807, 2.05) is 12.3 Å². The zero-order valence-corrected chi connectivity index (χ0v) is 21.1.